The summed E-state index contributed by atoms with van der Waals surface area (Å²) >= 11 is 0. The maximum atomic E-state index is 5.69. The number of hydrogen-bond donors (Lipinski definition) is 2. The Balaban J connectivity index is 0.00000180. The van der Waals surface area contributed by atoms with E-state index in [4.69, 9.17) is 11.5 Å². The van der Waals surface area contributed by atoms with E-state index in [2.05, 4.69) is 22.1 Å². The molecule has 0 atom stereocenters. The van der Waals surface area contributed by atoms with Gasteiger partial charge in [0.2, 0.25) is 0 Å². The molecule has 0 spiro atoms. The van der Waals surface area contributed by atoms with Crippen LogP contribution >= 0.6 is 12.4 Å². The number of nitrogen functional groups attached to an aromatic ring is 2. The molecule has 0 aliphatic heterocycles. The van der Waals surface area contributed by atoms with E-state index in [9.17, 15) is 0 Å². The molecule has 2 rings (SSSR count). The van der Waals surface area contributed by atoms with Crippen molar-refractivity contribution >= 4 is 35.4 Å². The summed E-state index contributed by atoms with van der Waals surface area (Å²) in [7, 11) is 0. The minimum Gasteiger partial charge on any atom is -0.384 e. The van der Waals surface area contributed by atoms with Crippen molar-refractivity contribution in [2.75, 3.05) is 11.5 Å². The monoisotopic (exact) mass is 277 g/mol. The van der Waals surface area contributed by atoms with Crippen LogP contribution in [0.1, 0.15) is 11.1 Å². The lowest BCUT2D eigenvalue weighted by atomic mass is 10.1. The molecule has 5 nitrogen and oxygen atoms in total. The summed E-state index contributed by atoms with van der Waals surface area (Å²) in [6.07, 6.45) is 0. The SMILES string of the molecule is Cc1ccc(N=Nc2ccc(N)nc2N)cc1C.Cl. The minimum atomic E-state index is 0. The smallest absolute Gasteiger partial charge is 0.153 e. The molecule has 0 radical (unpaired) electrons. The quantitative estimate of drug-likeness (QED) is 0.820. The molecule has 1 aromatic carbocycles. The van der Waals surface area contributed by atoms with Gasteiger partial charge in [0.05, 0.1) is 5.69 Å². The zero-order valence-corrected chi connectivity index (χ0v) is 11.6. The Kier molecular flexibility index (Phi) is 4.83. The van der Waals surface area contributed by atoms with E-state index < -0.39 is 0 Å². The zero-order valence-electron chi connectivity index (χ0n) is 10.8. The number of aromatic nitrogens is 1. The summed E-state index contributed by atoms with van der Waals surface area (Å²) in [6, 6.07) is 9.23. The third-order valence-electron chi connectivity index (χ3n) is 2.69. The van der Waals surface area contributed by atoms with Gasteiger partial charge in [0.1, 0.15) is 11.5 Å². The first-order chi connectivity index (χ1) is 8.56. The highest BCUT2D eigenvalue weighted by Gasteiger charge is 2.00. The molecule has 1 aromatic heterocycles. The van der Waals surface area contributed by atoms with Gasteiger partial charge in [-0.15, -0.1) is 17.5 Å². The Morgan fingerprint density at radius 1 is 0.947 bits per heavy atom. The molecule has 0 amide bonds. The van der Waals surface area contributed by atoms with Crippen LogP contribution in [-0.2, 0) is 0 Å². The fourth-order valence-corrected chi connectivity index (χ4v) is 1.47. The summed E-state index contributed by atoms with van der Waals surface area (Å²) < 4.78 is 0. The van der Waals surface area contributed by atoms with E-state index in [0.717, 1.165) is 5.69 Å². The van der Waals surface area contributed by atoms with Gasteiger partial charge in [-0.05, 0) is 49.2 Å². The molecule has 0 saturated heterocycles. The highest BCUT2D eigenvalue weighted by molar-refractivity contribution is 5.85. The van der Waals surface area contributed by atoms with Crippen LogP contribution < -0.4 is 11.5 Å². The lowest BCUT2D eigenvalue weighted by Gasteiger charge is -2.01. The van der Waals surface area contributed by atoms with Crippen molar-refractivity contribution in [1.29, 1.82) is 0 Å². The number of benzene rings is 1. The Morgan fingerprint density at radius 2 is 1.68 bits per heavy atom. The molecule has 0 bridgehead atoms. The number of anilines is 2. The Bertz CT molecular complexity index is 610. The molecule has 0 unspecified atom stereocenters. The number of nitrogens with zero attached hydrogens (tertiary/aromatic N) is 3. The molecule has 0 aliphatic carbocycles. The summed E-state index contributed by atoms with van der Waals surface area (Å²) in [6.45, 7) is 4.09. The average molecular weight is 278 g/mol. The fourth-order valence-electron chi connectivity index (χ4n) is 1.47. The lowest BCUT2D eigenvalue weighted by Crippen LogP contribution is -1.95. The fraction of sp³-hybridized carbons (Fsp3) is 0.154. The van der Waals surface area contributed by atoms with Gasteiger partial charge in [0.25, 0.3) is 0 Å². The van der Waals surface area contributed by atoms with Crippen LogP contribution in [0.4, 0.5) is 23.0 Å². The highest BCUT2D eigenvalue weighted by atomic mass is 35.5. The Hall–Kier alpha value is -2.14. The van der Waals surface area contributed by atoms with E-state index in [-0.39, 0.29) is 18.2 Å². The van der Waals surface area contributed by atoms with Gasteiger partial charge >= 0.3 is 0 Å². The molecule has 1 heterocycles. The van der Waals surface area contributed by atoms with E-state index in [1.165, 1.54) is 11.1 Å². The molecule has 0 aliphatic rings. The van der Waals surface area contributed by atoms with Crippen LogP contribution in [0.5, 0.6) is 0 Å². The van der Waals surface area contributed by atoms with E-state index in [0.29, 0.717) is 11.5 Å². The zero-order chi connectivity index (χ0) is 13.1. The molecule has 2 aromatic rings. The van der Waals surface area contributed by atoms with Gasteiger partial charge in [0, 0.05) is 0 Å². The van der Waals surface area contributed by atoms with Crippen molar-refractivity contribution in [2.45, 2.75) is 13.8 Å². The summed E-state index contributed by atoms with van der Waals surface area (Å²) in [5.41, 5.74) is 14.9. The first-order valence-corrected chi connectivity index (χ1v) is 5.57. The maximum Gasteiger partial charge on any atom is 0.153 e. The molecule has 0 saturated carbocycles. The van der Waals surface area contributed by atoms with E-state index in [1.54, 1.807) is 12.1 Å². The normalized spacial score (nSPS) is 10.4. The summed E-state index contributed by atoms with van der Waals surface area (Å²) in [4.78, 5) is 3.92. The topological polar surface area (TPSA) is 89.6 Å². The van der Waals surface area contributed by atoms with Crippen LogP contribution in [0, 0.1) is 13.8 Å². The molecule has 6 heteroatoms. The number of halogens is 1. The minimum absolute atomic E-state index is 0. The van der Waals surface area contributed by atoms with Gasteiger partial charge in [-0.1, -0.05) is 6.07 Å². The van der Waals surface area contributed by atoms with Crippen LogP contribution in [0.2, 0.25) is 0 Å². The third kappa shape index (κ3) is 3.66. The van der Waals surface area contributed by atoms with Crippen molar-refractivity contribution in [1.82, 2.24) is 4.98 Å². The predicted octanol–water partition coefficient (Wildman–Crippen LogP) is 3.70. The van der Waals surface area contributed by atoms with Gasteiger partial charge in [0.15, 0.2) is 5.82 Å². The van der Waals surface area contributed by atoms with Crippen molar-refractivity contribution in [3.05, 3.63) is 41.5 Å². The number of pyridine rings is 1. The standard InChI is InChI=1S/C13H15N5.ClH/c1-8-3-4-10(7-9(8)2)17-18-11-5-6-12(14)16-13(11)15;/h3-7H,1-2H3,(H4,14,15,16);1H. The number of azo groups is 1. The maximum absolute atomic E-state index is 5.69. The Morgan fingerprint density at radius 3 is 2.32 bits per heavy atom. The summed E-state index contributed by atoms with van der Waals surface area (Å²) in [5, 5.41) is 8.20. The van der Waals surface area contributed by atoms with Gasteiger partial charge in [-0.2, -0.15) is 5.11 Å². The van der Waals surface area contributed by atoms with E-state index in [1.807, 2.05) is 25.1 Å². The van der Waals surface area contributed by atoms with Crippen LogP contribution in [-0.4, -0.2) is 4.98 Å². The molecule has 0 fully saturated rings. The molecular formula is C13H16ClN5. The molecule has 19 heavy (non-hydrogen) atoms. The highest BCUT2D eigenvalue weighted by Crippen LogP contribution is 2.24. The second-order valence-electron chi connectivity index (χ2n) is 4.11. The van der Waals surface area contributed by atoms with Crippen molar-refractivity contribution in [2.24, 2.45) is 10.2 Å². The number of hydrogen-bond acceptors (Lipinski definition) is 5. The molecule has 4 N–H and O–H groups in total. The lowest BCUT2D eigenvalue weighted by molar-refractivity contribution is 1.19. The third-order valence-corrected chi connectivity index (χ3v) is 2.69. The van der Waals surface area contributed by atoms with E-state index >= 15 is 0 Å². The first kappa shape index (κ1) is 14.9. The van der Waals surface area contributed by atoms with Crippen molar-refractivity contribution in [3.8, 4) is 0 Å². The number of rotatable bonds is 2. The van der Waals surface area contributed by atoms with Gasteiger partial charge in [-0.25, -0.2) is 4.98 Å². The van der Waals surface area contributed by atoms with Gasteiger partial charge < -0.3 is 11.5 Å². The predicted molar refractivity (Wildman–Crippen MR) is 80.4 cm³/mol. The molecular weight excluding hydrogens is 262 g/mol. The molecule has 100 valence electrons. The van der Waals surface area contributed by atoms with Crippen molar-refractivity contribution < 1.29 is 0 Å². The largest absolute Gasteiger partial charge is 0.384 e. The first-order valence-electron chi connectivity index (χ1n) is 5.57. The van der Waals surface area contributed by atoms with Crippen LogP contribution in [0.3, 0.4) is 0 Å². The van der Waals surface area contributed by atoms with Crippen LogP contribution in [0.25, 0.3) is 0 Å². The second-order valence-corrected chi connectivity index (χ2v) is 4.11. The summed E-state index contributed by atoms with van der Waals surface area (Å²) in [5.74, 6) is 0.653. The Labute approximate surface area is 118 Å². The van der Waals surface area contributed by atoms with Gasteiger partial charge in [-0.3, -0.25) is 0 Å². The van der Waals surface area contributed by atoms with Crippen molar-refractivity contribution in [3.63, 3.8) is 0 Å². The van der Waals surface area contributed by atoms with Crippen LogP contribution in [0.15, 0.2) is 40.6 Å². The number of aryl methyl sites for hydroxylation is 2. The number of nitrogens with two attached hydrogens (primary N) is 2. The second kappa shape index (κ2) is 6.15. The average Bonchev–Trinajstić information content (AvgIpc) is 2.32.